The standard InChI is InChI=1S/C19H16ClNO4/c20-15-7-12(8-17-19(15)24-11-23-17)5-6-18(22)21-10-14-9-13-3-1-2-4-16(13)25-14/h1-8,14H,9-11H2,(H,21,22)/b6-5+. The number of para-hydroxylation sites is 1. The fourth-order valence-electron chi connectivity index (χ4n) is 2.90. The normalized spacial score (nSPS) is 17.4. The molecule has 0 saturated carbocycles. The molecule has 1 amide bonds. The molecule has 2 aromatic carbocycles. The van der Waals surface area contributed by atoms with E-state index in [4.69, 9.17) is 25.8 Å². The summed E-state index contributed by atoms with van der Waals surface area (Å²) >= 11 is 6.13. The lowest BCUT2D eigenvalue weighted by Gasteiger charge is -2.10. The van der Waals surface area contributed by atoms with Gasteiger partial charge in [0, 0.05) is 12.5 Å². The van der Waals surface area contributed by atoms with E-state index in [9.17, 15) is 4.79 Å². The van der Waals surface area contributed by atoms with Gasteiger partial charge in [0.05, 0.1) is 11.6 Å². The average Bonchev–Trinajstić information content (AvgIpc) is 3.24. The average molecular weight is 358 g/mol. The lowest BCUT2D eigenvalue weighted by atomic mass is 10.1. The molecular formula is C19H16ClNO4. The first kappa shape index (κ1) is 15.8. The molecule has 0 bridgehead atoms. The van der Waals surface area contributed by atoms with E-state index in [2.05, 4.69) is 5.32 Å². The number of amides is 1. The quantitative estimate of drug-likeness (QED) is 0.854. The highest BCUT2D eigenvalue weighted by atomic mass is 35.5. The fourth-order valence-corrected chi connectivity index (χ4v) is 3.17. The Kier molecular flexibility index (Phi) is 4.24. The van der Waals surface area contributed by atoms with Crippen molar-refractivity contribution in [2.24, 2.45) is 0 Å². The van der Waals surface area contributed by atoms with Crippen LogP contribution in [0.4, 0.5) is 0 Å². The Balaban J connectivity index is 1.32. The molecule has 2 heterocycles. The molecular weight excluding hydrogens is 342 g/mol. The molecule has 0 radical (unpaired) electrons. The number of fused-ring (bicyclic) bond motifs is 2. The first-order valence-corrected chi connectivity index (χ1v) is 8.36. The zero-order valence-electron chi connectivity index (χ0n) is 13.3. The Labute approximate surface area is 150 Å². The van der Waals surface area contributed by atoms with E-state index in [0.717, 1.165) is 17.7 Å². The van der Waals surface area contributed by atoms with Crippen molar-refractivity contribution in [3.8, 4) is 17.2 Å². The summed E-state index contributed by atoms with van der Waals surface area (Å²) in [5, 5.41) is 3.32. The SMILES string of the molecule is O=C(/C=C/c1cc(Cl)c2c(c1)OCO2)NCC1Cc2ccccc2O1. The molecule has 6 heteroatoms. The van der Waals surface area contributed by atoms with Crippen LogP contribution in [0.1, 0.15) is 11.1 Å². The van der Waals surface area contributed by atoms with Crippen molar-refractivity contribution in [2.45, 2.75) is 12.5 Å². The second-order valence-electron chi connectivity index (χ2n) is 5.87. The van der Waals surface area contributed by atoms with Crippen molar-refractivity contribution in [2.75, 3.05) is 13.3 Å². The van der Waals surface area contributed by atoms with E-state index < -0.39 is 0 Å². The van der Waals surface area contributed by atoms with Gasteiger partial charge >= 0.3 is 0 Å². The molecule has 0 saturated heterocycles. The van der Waals surface area contributed by atoms with Crippen LogP contribution < -0.4 is 19.5 Å². The molecule has 2 aliphatic heterocycles. The predicted octanol–water partition coefficient (Wildman–Crippen LogP) is 3.20. The minimum atomic E-state index is -0.187. The number of hydrogen-bond acceptors (Lipinski definition) is 4. The van der Waals surface area contributed by atoms with Crippen molar-refractivity contribution in [1.82, 2.24) is 5.32 Å². The largest absolute Gasteiger partial charge is 0.488 e. The molecule has 1 unspecified atom stereocenters. The maximum absolute atomic E-state index is 12.0. The minimum absolute atomic E-state index is 0.0327. The lowest BCUT2D eigenvalue weighted by Crippen LogP contribution is -2.33. The highest BCUT2D eigenvalue weighted by Crippen LogP contribution is 2.40. The van der Waals surface area contributed by atoms with E-state index in [0.29, 0.717) is 23.1 Å². The summed E-state index contributed by atoms with van der Waals surface area (Å²) in [7, 11) is 0. The number of halogens is 1. The van der Waals surface area contributed by atoms with Crippen LogP contribution in [0.5, 0.6) is 17.2 Å². The topological polar surface area (TPSA) is 56.8 Å². The Hall–Kier alpha value is -2.66. The maximum Gasteiger partial charge on any atom is 0.244 e. The van der Waals surface area contributed by atoms with Gasteiger partial charge in [-0.2, -0.15) is 0 Å². The monoisotopic (exact) mass is 357 g/mol. The zero-order valence-corrected chi connectivity index (χ0v) is 14.1. The van der Waals surface area contributed by atoms with Crippen molar-refractivity contribution >= 4 is 23.6 Å². The summed E-state index contributed by atoms with van der Waals surface area (Å²) in [4.78, 5) is 12.0. The smallest absolute Gasteiger partial charge is 0.244 e. The summed E-state index contributed by atoms with van der Waals surface area (Å²) in [6, 6.07) is 11.4. The van der Waals surface area contributed by atoms with E-state index >= 15 is 0 Å². The summed E-state index contributed by atoms with van der Waals surface area (Å²) in [5.41, 5.74) is 1.95. The molecule has 25 heavy (non-hydrogen) atoms. The Morgan fingerprint density at radius 1 is 1.24 bits per heavy atom. The summed E-state index contributed by atoms with van der Waals surface area (Å²) in [6.07, 6.45) is 3.93. The molecule has 2 aromatic rings. The van der Waals surface area contributed by atoms with Crippen molar-refractivity contribution < 1.29 is 19.0 Å². The molecule has 128 valence electrons. The van der Waals surface area contributed by atoms with Crippen molar-refractivity contribution in [3.05, 3.63) is 58.6 Å². The third-order valence-electron chi connectivity index (χ3n) is 4.09. The first-order valence-electron chi connectivity index (χ1n) is 7.98. The summed E-state index contributed by atoms with van der Waals surface area (Å²) in [6.45, 7) is 0.617. The fraction of sp³-hybridized carbons (Fsp3) is 0.211. The molecule has 0 aliphatic carbocycles. The molecule has 4 rings (SSSR count). The number of carbonyl (C=O) groups excluding carboxylic acids is 1. The van der Waals surface area contributed by atoms with Crippen LogP contribution in [-0.2, 0) is 11.2 Å². The molecule has 5 nitrogen and oxygen atoms in total. The molecule has 0 fully saturated rings. The lowest BCUT2D eigenvalue weighted by molar-refractivity contribution is -0.116. The van der Waals surface area contributed by atoms with E-state index in [-0.39, 0.29) is 18.8 Å². The van der Waals surface area contributed by atoms with Gasteiger partial charge in [0.15, 0.2) is 11.5 Å². The predicted molar refractivity (Wildman–Crippen MR) is 94.2 cm³/mol. The molecule has 2 aliphatic rings. The van der Waals surface area contributed by atoms with Crippen LogP contribution in [0.2, 0.25) is 5.02 Å². The number of hydrogen-bond donors (Lipinski definition) is 1. The molecule has 1 N–H and O–H groups in total. The van der Waals surface area contributed by atoms with Gasteiger partial charge in [0.1, 0.15) is 11.9 Å². The van der Waals surface area contributed by atoms with Crippen LogP contribution in [0, 0.1) is 0 Å². The number of rotatable bonds is 4. The minimum Gasteiger partial charge on any atom is -0.488 e. The van der Waals surface area contributed by atoms with Gasteiger partial charge in [-0.3, -0.25) is 4.79 Å². The highest BCUT2D eigenvalue weighted by molar-refractivity contribution is 6.32. The number of carbonyl (C=O) groups is 1. The van der Waals surface area contributed by atoms with E-state index in [1.165, 1.54) is 11.6 Å². The van der Waals surface area contributed by atoms with Crippen LogP contribution >= 0.6 is 11.6 Å². The Morgan fingerprint density at radius 3 is 3.00 bits per heavy atom. The third kappa shape index (κ3) is 3.42. The van der Waals surface area contributed by atoms with E-state index in [1.54, 1.807) is 18.2 Å². The van der Waals surface area contributed by atoms with Crippen LogP contribution in [0.25, 0.3) is 6.08 Å². The van der Waals surface area contributed by atoms with Gasteiger partial charge < -0.3 is 19.5 Å². The second-order valence-corrected chi connectivity index (χ2v) is 6.27. The maximum atomic E-state index is 12.0. The van der Waals surface area contributed by atoms with Crippen molar-refractivity contribution in [1.29, 1.82) is 0 Å². The Morgan fingerprint density at radius 2 is 2.12 bits per heavy atom. The molecule has 0 aromatic heterocycles. The van der Waals surface area contributed by atoms with Gasteiger partial charge in [-0.05, 0) is 35.4 Å². The first-order chi connectivity index (χ1) is 12.2. The number of ether oxygens (including phenoxy) is 3. The van der Waals surface area contributed by atoms with Gasteiger partial charge in [-0.1, -0.05) is 29.8 Å². The van der Waals surface area contributed by atoms with Gasteiger partial charge in [0.25, 0.3) is 0 Å². The summed E-state index contributed by atoms with van der Waals surface area (Å²) in [5.74, 6) is 1.84. The van der Waals surface area contributed by atoms with Crippen LogP contribution in [0.3, 0.4) is 0 Å². The second kappa shape index (κ2) is 6.69. The molecule has 0 spiro atoms. The van der Waals surface area contributed by atoms with Gasteiger partial charge in [-0.25, -0.2) is 0 Å². The summed E-state index contributed by atoms with van der Waals surface area (Å²) < 4.78 is 16.4. The van der Waals surface area contributed by atoms with Crippen LogP contribution in [-0.4, -0.2) is 25.3 Å². The van der Waals surface area contributed by atoms with Crippen molar-refractivity contribution in [3.63, 3.8) is 0 Å². The highest BCUT2D eigenvalue weighted by Gasteiger charge is 2.22. The van der Waals surface area contributed by atoms with E-state index in [1.807, 2.05) is 24.3 Å². The number of benzene rings is 2. The zero-order chi connectivity index (χ0) is 17.2. The Bertz CT molecular complexity index is 824. The number of nitrogens with one attached hydrogen (secondary N) is 1. The molecule has 1 atom stereocenters. The van der Waals surface area contributed by atoms with Crippen LogP contribution in [0.15, 0.2) is 42.5 Å². The van der Waals surface area contributed by atoms with Gasteiger partial charge in [0.2, 0.25) is 12.7 Å². The third-order valence-corrected chi connectivity index (χ3v) is 4.38. The van der Waals surface area contributed by atoms with Gasteiger partial charge in [-0.15, -0.1) is 0 Å².